The Morgan fingerprint density at radius 2 is 2.11 bits per heavy atom. The maximum atomic E-state index is 6.33. The summed E-state index contributed by atoms with van der Waals surface area (Å²) in [5, 5.41) is 4.18. The molecule has 0 radical (unpaired) electrons. The fourth-order valence-corrected chi connectivity index (χ4v) is 3.84. The molecule has 1 N–H and O–H groups in total. The van der Waals surface area contributed by atoms with E-state index in [4.69, 9.17) is 11.6 Å². The van der Waals surface area contributed by atoms with E-state index in [0.29, 0.717) is 0 Å². The highest BCUT2D eigenvalue weighted by Gasteiger charge is 2.14. The summed E-state index contributed by atoms with van der Waals surface area (Å²) >= 11 is 11.6. The van der Waals surface area contributed by atoms with Crippen molar-refractivity contribution in [1.82, 2.24) is 5.32 Å². The van der Waals surface area contributed by atoms with Crippen LogP contribution in [0.4, 0.5) is 0 Å². The van der Waals surface area contributed by atoms with E-state index >= 15 is 0 Å². The monoisotopic (exact) mass is 343 g/mol. The van der Waals surface area contributed by atoms with Crippen LogP contribution in [0.25, 0.3) is 0 Å². The van der Waals surface area contributed by atoms with Crippen LogP contribution in [0.3, 0.4) is 0 Å². The number of nitrogens with one attached hydrogen (secondary N) is 1. The number of aryl methyl sites for hydroxylation is 1. The average molecular weight is 345 g/mol. The summed E-state index contributed by atoms with van der Waals surface area (Å²) in [6, 6.07) is 10.7. The van der Waals surface area contributed by atoms with Crippen LogP contribution in [0.1, 0.15) is 22.0 Å². The molecule has 0 bridgehead atoms. The molecule has 0 aliphatic rings. The highest BCUT2D eigenvalue weighted by molar-refractivity contribution is 9.11. The van der Waals surface area contributed by atoms with Crippen LogP contribution in [-0.2, 0) is 6.42 Å². The predicted octanol–water partition coefficient (Wildman–Crippen LogP) is 4.98. The lowest BCUT2D eigenvalue weighted by molar-refractivity contribution is 0.596. The number of likely N-dealkylation sites (N-methyl/N-ethyl adjacent to an activating group) is 1. The second-order valence-electron chi connectivity index (χ2n) is 4.28. The molecule has 1 nitrogen and oxygen atoms in total. The normalized spacial score (nSPS) is 12.7. The zero-order valence-corrected chi connectivity index (χ0v) is 13.5. The van der Waals surface area contributed by atoms with Crippen molar-refractivity contribution in [3.05, 3.63) is 55.1 Å². The lowest BCUT2D eigenvalue weighted by atomic mass is 10.0. The van der Waals surface area contributed by atoms with Crippen LogP contribution in [0, 0.1) is 6.92 Å². The topological polar surface area (TPSA) is 12.0 Å². The standard InChI is InChI=1S/C14H15BrClNS/c1-9-3-5-11(12(16)7-9)13(17-2)8-10-4-6-14(15)18-10/h3-7,13,17H,8H2,1-2H3. The molecule has 96 valence electrons. The molecule has 1 aromatic carbocycles. The molecule has 2 rings (SSSR count). The minimum atomic E-state index is 0.253. The van der Waals surface area contributed by atoms with Crippen molar-refractivity contribution in [3.8, 4) is 0 Å². The van der Waals surface area contributed by atoms with Crippen molar-refractivity contribution in [2.24, 2.45) is 0 Å². The van der Waals surface area contributed by atoms with Gasteiger partial charge < -0.3 is 5.32 Å². The zero-order chi connectivity index (χ0) is 13.1. The first-order valence-corrected chi connectivity index (χ1v) is 7.76. The van der Waals surface area contributed by atoms with Gasteiger partial charge in [-0.05, 0) is 59.2 Å². The van der Waals surface area contributed by atoms with Gasteiger partial charge in [0.05, 0.1) is 3.79 Å². The maximum Gasteiger partial charge on any atom is 0.0701 e. The fourth-order valence-electron chi connectivity index (χ4n) is 1.94. The van der Waals surface area contributed by atoms with Crippen LogP contribution >= 0.6 is 38.9 Å². The van der Waals surface area contributed by atoms with Crippen molar-refractivity contribution >= 4 is 38.9 Å². The maximum absolute atomic E-state index is 6.33. The summed E-state index contributed by atoms with van der Waals surface area (Å²) < 4.78 is 1.17. The Labute approximate surface area is 125 Å². The number of thiophene rings is 1. The van der Waals surface area contributed by atoms with Gasteiger partial charge >= 0.3 is 0 Å². The molecule has 1 unspecified atom stereocenters. The Bertz CT molecular complexity index is 538. The van der Waals surface area contributed by atoms with Gasteiger partial charge in [-0.1, -0.05) is 23.7 Å². The molecule has 1 heterocycles. The molecule has 4 heteroatoms. The van der Waals surface area contributed by atoms with Crippen molar-refractivity contribution in [3.63, 3.8) is 0 Å². The van der Waals surface area contributed by atoms with E-state index in [1.54, 1.807) is 11.3 Å². The second kappa shape index (κ2) is 6.20. The van der Waals surface area contributed by atoms with Gasteiger partial charge in [0.25, 0.3) is 0 Å². The molecule has 0 saturated heterocycles. The van der Waals surface area contributed by atoms with Crippen LogP contribution in [0.5, 0.6) is 0 Å². The zero-order valence-electron chi connectivity index (χ0n) is 10.3. The van der Waals surface area contributed by atoms with E-state index in [-0.39, 0.29) is 6.04 Å². The van der Waals surface area contributed by atoms with E-state index in [1.807, 2.05) is 13.1 Å². The quantitative estimate of drug-likeness (QED) is 0.825. The summed E-state index contributed by atoms with van der Waals surface area (Å²) in [6.07, 6.45) is 0.954. The van der Waals surface area contributed by atoms with E-state index in [9.17, 15) is 0 Å². The van der Waals surface area contributed by atoms with Crippen LogP contribution in [-0.4, -0.2) is 7.05 Å². The van der Waals surface area contributed by atoms with Gasteiger partial charge in [-0.3, -0.25) is 0 Å². The third-order valence-corrected chi connectivity index (χ3v) is 4.89. The predicted molar refractivity (Wildman–Crippen MR) is 83.7 cm³/mol. The molecule has 0 aliphatic heterocycles. The molecular formula is C14H15BrClNS. The van der Waals surface area contributed by atoms with Gasteiger partial charge in [0.2, 0.25) is 0 Å². The molecule has 2 aromatic rings. The summed E-state index contributed by atoms with van der Waals surface area (Å²) in [4.78, 5) is 1.35. The fraction of sp³-hybridized carbons (Fsp3) is 0.286. The van der Waals surface area contributed by atoms with Gasteiger partial charge in [-0.2, -0.15) is 0 Å². The SMILES string of the molecule is CNC(Cc1ccc(Br)s1)c1ccc(C)cc1Cl. The Morgan fingerprint density at radius 3 is 2.67 bits per heavy atom. The van der Waals surface area contributed by atoms with Gasteiger partial charge in [-0.15, -0.1) is 11.3 Å². The van der Waals surface area contributed by atoms with Crippen molar-refractivity contribution in [1.29, 1.82) is 0 Å². The molecular weight excluding hydrogens is 330 g/mol. The smallest absolute Gasteiger partial charge is 0.0701 e. The van der Waals surface area contributed by atoms with E-state index in [2.05, 4.69) is 52.4 Å². The number of benzene rings is 1. The minimum absolute atomic E-state index is 0.253. The van der Waals surface area contributed by atoms with Crippen LogP contribution in [0.15, 0.2) is 34.1 Å². The van der Waals surface area contributed by atoms with Gasteiger partial charge in [0, 0.05) is 22.4 Å². The summed E-state index contributed by atoms with van der Waals surface area (Å²) in [5.41, 5.74) is 2.35. The molecule has 0 spiro atoms. The van der Waals surface area contributed by atoms with Gasteiger partial charge in [0.1, 0.15) is 0 Å². The number of rotatable bonds is 4. The Kier molecular flexibility index (Phi) is 4.84. The lowest BCUT2D eigenvalue weighted by Gasteiger charge is -2.17. The first-order valence-electron chi connectivity index (χ1n) is 5.77. The Balaban J connectivity index is 2.22. The summed E-state index contributed by atoms with van der Waals surface area (Å²) in [6.45, 7) is 2.06. The molecule has 0 saturated carbocycles. The Hall–Kier alpha value is -0.350. The molecule has 0 amide bonds. The molecule has 1 aromatic heterocycles. The molecule has 0 fully saturated rings. The van der Waals surface area contributed by atoms with Crippen LogP contribution < -0.4 is 5.32 Å². The number of halogens is 2. The van der Waals surface area contributed by atoms with Crippen molar-refractivity contribution < 1.29 is 0 Å². The first kappa shape index (κ1) is 14.1. The average Bonchev–Trinajstić information content (AvgIpc) is 2.72. The molecule has 0 aliphatic carbocycles. The summed E-state index contributed by atoms with van der Waals surface area (Å²) in [5.74, 6) is 0. The van der Waals surface area contributed by atoms with E-state index in [0.717, 1.165) is 17.0 Å². The molecule has 1 atom stereocenters. The third-order valence-electron chi connectivity index (χ3n) is 2.91. The van der Waals surface area contributed by atoms with Crippen molar-refractivity contribution in [2.75, 3.05) is 7.05 Å². The second-order valence-corrected chi connectivity index (χ2v) is 7.23. The highest BCUT2D eigenvalue weighted by Crippen LogP contribution is 2.30. The summed E-state index contributed by atoms with van der Waals surface area (Å²) in [7, 11) is 1.98. The number of hydrogen-bond donors (Lipinski definition) is 1. The van der Waals surface area contributed by atoms with E-state index < -0.39 is 0 Å². The van der Waals surface area contributed by atoms with E-state index in [1.165, 1.54) is 14.2 Å². The lowest BCUT2D eigenvalue weighted by Crippen LogP contribution is -2.18. The Morgan fingerprint density at radius 1 is 1.33 bits per heavy atom. The number of hydrogen-bond acceptors (Lipinski definition) is 2. The largest absolute Gasteiger partial charge is 0.313 e. The third kappa shape index (κ3) is 3.35. The first-order chi connectivity index (χ1) is 8.60. The molecule has 18 heavy (non-hydrogen) atoms. The van der Waals surface area contributed by atoms with Gasteiger partial charge in [-0.25, -0.2) is 0 Å². The van der Waals surface area contributed by atoms with Crippen LogP contribution in [0.2, 0.25) is 5.02 Å². The minimum Gasteiger partial charge on any atom is -0.313 e. The highest BCUT2D eigenvalue weighted by atomic mass is 79.9. The van der Waals surface area contributed by atoms with Gasteiger partial charge in [0.15, 0.2) is 0 Å². The van der Waals surface area contributed by atoms with Crippen molar-refractivity contribution in [2.45, 2.75) is 19.4 Å².